The van der Waals surface area contributed by atoms with E-state index in [1.165, 1.54) is 5.69 Å². The average molecular weight is 320 g/mol. The number of nitrogens with zero attached hydrogens (tertiary/aromatic N) is 5. The standard InChI is InChI=1S/C18H20N6/c1-13(14-10-20-23(2)12-14)21-18-19-11-17-16(22-18)8-9-24(17)15-6-4-3-5-7-15/h3-7,10-13H,8-9H2,1-2H3,(H,19,21,22)/t13-/m1/s1. The maximum Gasteiger partial charge on any atom is 0.223 e. The first-order valence-corrected chi connectivity index (χ1v) is 8.14. The van der Waals surface area contributed by atoms with Gasteiger partial charge in [-0.1, -0.05) is 18.2 Å². The van der Waals surface area contributed by atoms with Gasteiger partial charge in [-0.15, -0.1) is 0 Å². The SMILES string of the molecule is C[C@@H](Nc1ncc2c(n1)CCN2c1ccccc1)c1cnn(C)c1. The van der Waals surface area contributed by atoms with Crippen molar-refractivity contribution in [3.05, 3.63) is 60.2 Å². The summed E-state index contributed by atoms with van der Waals surface area (Å²) in [6.45, 7) is 3.03. The molecule has 3 aromatic rings. The van der Waals surface area contributed by atoms with Crippen LogP contribution in [0.4, 0.5) is 17.3 Å². The van der Waals surface area contributed by atoms with Gasteiger partial charge >= 0.3 is 0 Å². The van der Waals surface area contributed by atoms with E-state index in [1.807, 2.05) is 31.7 Å². The summed E-state index contributed by atoms with van der Waals surface area (Å²) in [5, 5.41) is 7.57. The monoisotopic (exact) mass is 320 g/mol. The normalized spacial score (nSPS) is 14.5. The highest BCUT2D eigenvalue weighted by molar-refractivity contribution is 5.68. The van der Waals surface area contributed by atoms with Gasteiger partial charge in [-0.2, -0.15) is 5.10 Å². The summed E-state index contributed by atoms with van der Waals surface area (Å²) in [5.41, 5.74) is 4.49. The Morgan fingerprint density at radius 2 is 2.00 bits per heavy atom. The molecule has 6 heteroatoms. The number of anilines is 3. The second-order valence-electron chi connectivity index (χ2n) is 6.08. The van der Waals surface area contributed by atoms with Crippen LogP contribution >= 0.6 is 0 Å². The van der Waals surface area contributed by atoms with Gasteiger partial charge in [0.1, 0.15) is 0 Å². The van der Waals surface area contributed by atoms with Crippen LogP contribution in [0.3, 0.4) is 0 Å². The van der Waals surface area contributed by atoms with Crippen LogP contribution in [0.25, 0.3) is 0 Å². The first kappa shape index (κ1) is 14.7. The minimum atomic E-state index is 0.114. The van der Waals surface area contributed by atoms with Crippen molar-refractivity contribution in [1.29, 1.82) is 0 Å². The van der Waals surface area contributed by atoms with Crippen LogP contribution in [0.2, 0.25) is 0 Å². The number of para-hydroxylation sites is 1. The highest BCUT2D eigenvalue weighted by Gasteiger charge is 2.23. The van der Waals surface area contributed by atoms with Crippen molar-refractivity contribution >= 4 is 17.3 Å². The third-order valence-electron chi connectivity index (χ3n) is 4.35. The lowest BCUT2D eigenvalue weighted by atomic mass is 10.2. The highest BCUT2D eigenvalue weighted by Crippen LogP contribution is 2.33. The molecule has 0 bridgehead atoms. The fourth-order valence-electron chi connectivity index (χ4n) is 3.04. The highest BCUT2D eigenvalue weighted by atomic mass is 15.2. The largest absolute Gasteiger partial charge is 0.348 e. The third kappa shape index (κ3) is 2.71. The number of aryl methyl sites for hydroxylation is 1. The second kappa shape index (κ2) is 5.96. The Labute approximate surface area is 141 Å². The Kier molecular flexibility index (Phi) is 3.65. The molecule has 2 aromatic heterocycles. The Hall–Kier alpha value is -2.89. The number of hydrogen-bond donors (Lipinski definition) is 1. The zero-order valence-corrected chi connectivity index (χ0v) is 13.8. The maximum absolute atomic E-state index is 4.71. The quantitative estimate of drug-likeness (QED) is 0.800. The molecule has 0 amide bonds. The Morgan fingerprint density at radius 3 is 2.75 bits per heavy atom. The molecule has 1 N–H and O–H groups in total. The van der Waals surface area contributed by atoms with E-state index < -0.39 is 0 Å². The summed E-state index contributed by atoms with van der Waals surface area (Å²) in [7, 11) is 1.92. The molecule has 0 spiro atoms. The van der Waals surface area contributed by atoms with Gasteiger partial charge in [-0.3, -0.25) is 4.68 Å². The van der Waals surface area contributed by atoms with Crippen molar-refractivity contribution < 1.29 is 0 Å². The van der Waals surface area contributed by atoms with Crippen molar-refractivity contribution in [2.75, 3.05) is 16.8 Å². The minimum absolute atomic E-state index is 0.114. The summed E-state index contributed by atoms with van der Waals surface area (Å²) in [6, 6.07) is 10.5. The summed E-state index contributed by atoms with van der Waals surface area (Å²) >= 11 is 0. The number of hydrogen-bond acceptors (Lipinski definition) is 5. The van der Waals surface area contributed by atoms with Gasteiger partial charge in [0.25, 0.3) is 0 Å². The molecule has 24 heavy (non-hydrogen) atoms. The molecule has 3 heterocycles. The molecule has 4 rings (SSSR count). The van der Waals surface area contributed by atoms with Crippen molar-refractivity contribution in [3.8, 4) is 0 Å². The number of rotatable bonds is 4. The van der Waals surface area contributed by atoms with E-state index >= 15 is 0 Å². The van der Waals surface area contributed by atoms with Gasteiger partial charge in [0.05, 0.1) is 29.8 Å². The van der Waals surface area contributed by atoms with E-state index in [-0.39, 0.29) is 6.04 Å². The van der Waals surface area contributed by atoms with E-state index in [0.29, 0.717) is 5.95 Å². The fraction of sp³-hybridized carbons (Fsp3) is 0.278. The van der Waals surface area contributed by atoms with Crippen LogP contribution in [-0.4, -0.2) is 26.3 Å². The number of benzene rings is 1. The Morgan fingerprint density at radius 1 is 1.17 bits per heavy atom. The number of fused-ring (bicyclic) bond motifs is 1. The number of aromatic nitrogens is 4. The zero-order chi connectivity index (χ0) is 16.5. The van der Waals surface area contributed by atoms with Gasteiger partial charge in [0.2, 0.25) is 5.95 Å². The van der Waals surface area contributed by atoms with Crippen LogP contribution in [0.5, 0.6) is 0 Å². The molecule has 1 aliphatic rings. The summed E-state index contributed by atoms with van der Waals surface area (Å²) in [6.07, 6.45) is 6.72. The Bertz CT molecular complexity index is 842. The predicted molar refractivity (Wildman–Crippen MR) is 94.4 cm³/mol. The third-order valence-corrected chi connectivity index (χ3v) is 4.35. The van der Waals surface area contributed by atoms with Gasteiger partial charge in [0.15, 0.2) is 0 Å². The molecule has 0 aliphatic carbocycles. The molecule has 0 fully saturated rings. The molecule has 6 nitrogen and oxygen atoms in total. The van der Waals surface area contributed by atoms with Gasteiger partial charge in [0, 0.05) is 37.5 Å². The lowest BCUT2D eigenvalue weighted by molar-refractivity contribution is 0.764. The Balaban J connectivity index is 1.54. The van der Waals surface area contributed by atoms with Crippen LogP contribution in [0, 0.1) is 0 Å². The molecule has 0 saturated heterocycles. The van der Waals surface area contributed by atoms with E-state index in [0.717, 1.165) is 29.9 Å². The van der Waals surface area contributed by atoms with Gasteiger partial charge < -0.3 is 10.2 Å². The first-order chi connectivity index (χ1) is 11.7. The minimum Gasteiger partial charge on any atom is -0.348 e. The smallest absolute Gasteiger partial charge is 0.223 e. The average Bonchev–Trinajstić information content (AvgIpc) is 3.21. The van der Waals surface area contributed by atoms with Crippen molar-refractivity contribution in [2.45, 2.75) is 19.4 Å². The van der Waals surface area contributed by atoms with E-state index in [4.69, 9.17) is 4.98 Å². The number of nitrogens with one attached hydrogen (secondary N) is 1. The van der Waals surface area contributed by atoms with Crippen LogP contribution in [0.15, 0.2) is 48.9 Å². The molecular formula is C18H20N6. The van der Waals surface area contributed by atoms with Crippen molar-refractivity contribution in [1.82, 2.24) is 19.7 Å². The van der Waals surface area contributed by atoms with E-state index in [9.17, 15) is 0 Å². The van der Waals surface area contributed by atoms with Crippen LogP contribution < -0.4 is 10.2 Å². The zero-order valence-electron chi connectivity index (χ0n) is 13.8. The summed E-state index contributed by atoms with van der Waals surface area (Å²) in [4.78, 5) is 11.5. The lowest BCUT2D eigenvalue weighted by Gasteiger charge is -2.19. The predicted octanol–water partition coefficient (Wildman–Crippen LogP) is 3.08. The van der Waals surface area contributed by atoms with Crippen molar-refractivity contribution in [2.24, 2.45) is 7.05 Å². The topological polar surface area (TPSA) is 58.9 Å². The second-order valence-corrected chi connectivity index (χ2v) is 6.08. The van der Waals surface area contributed by atoms with Crippen LogP contribution in [-0.2, 0) is 13.5 Å². The molecule has 0 saturated carbocycles. The summed E-state index contributed by atoms with van der Waals surface area (Å²) < 4.78 is 1.80. The molecular weight excluding hydrogens is 300 g/mol. The van der Waals surface area contributed by atoms with Crippen LogP contribution in [0.1, 0.15) is 24.2 Å². The molecule has 0 unspecified atom stereocenters. The fourth-order valence-corrected chi connectivity index (χ4v) is 3.04. The first-order valence-electron chi connectivity index (χ1n) is 8.14. The maximum atomic E-state index is 4.71. The van der Waals surface area contributed by atoms with E-state index in [2.05, 4.69) is 51.5 Å². The van der Waals surface area contributed by atoms with Gasteiger partial charge in [-0.25, -0.2) is 9.97 Å². The van der Waals surface area contributed by atoms with E-state index in [1.54, 1.807) is 4.68 Å². The molecule has 1 aliphatic heterocycles. The summed E-state index contributed by atoms with van der Waals surface area (Å²) in [5.74, 6) is 0.667. The van der Waals surface area contributed by atoms with Gasteiger partial charge in [-0.05, 0) is 19.1 Å². The van der Waals surface area contributed by atoms with Crippen molar-refractivity contribution in [3.63, 3.8) is 0 Å². The molecule has 122 valence electrons. The molecule has 1 atom stereocenters. The molecule has 1 aromatic carbocycles. The molecule has 0 radical (unpaired) electrons. The lowest BCUT2D eigenvalue weighted by Crippen LogP contribution is -2.13.